The van der Waals surface area contributed by atoms with Crippen LogP contribution in [-0.2, 0) is 22.6 Å². The zero-order valence-electron chi connectivity index (χ0n) is 22.2. The Bertz CT molecular complexity index is 1200. The highest BCUT2D eigenvalue weighted by atomic mass is 79.9. The van der Waals surface area contributed by atoms with Crippen LogP contribution < -0.4 is 10.1 Å². The number of hydrogen-bond acceptors (Lipinski definition) is 3. The second-order valence-electron chi connectivity index (χ2n) is 9.50. The third-order valence-electron chi connectivity index (χ3n) is 6.46. The second-order valence-corrected chi connectivity index (χ2v) is 10.4. The molecule has 6 heteroatoms. The smallest absolute Gasteiger partial charge is 0.261 e. The molecule has 37 heavy (non-hydrogen) atoms. The number of benzene rings is 3. The summed E-state index contributed by atoms with van der Waals surface area (Å²) in [7, 11) is 0. The minimum atomic E-state index is -0.672. The maximum Gasteiger partial charge on any atom is 0.261 e. The number of unbranched alkanes of at least 4 members (excludes halogenated alkanes) is 1. The molecule has 0 aliphatic carbocycles. The van der Waals surface area contributed by atoms with Crippen LogP contribution >= 0.6 is 15.9 Å². The third kappa shape index (κ3) is 8.46. The first-order chi connectivity index (χ1) is 17.8. The van der Waals surface area contributed by atoms with Gasteiger partial charge in [0.25, 0.3) is 5.91 Å². The third-order valence-corrected chi connectivity index (χ3v) is 6.95. The molecule has 1 N–H and O–H groups in total. The molecule has 0 unspecified atom stereocenters. The van der Waals surface area contributed by atoms with Crippen LogP contribution in [0.2, 0.25) is 0 Å². The van der Waals surface area contributed by atoms with Gasteiger partial charge in [0.2, 0.25) is 5.91 Å². The number of halogens is 1. The summed E-state index contributed by atoms with van der Waals surface area (Å²) >= 11 is 3.53. The van der Waals surface area contributed by atoms with Gasteiger partial charge < -0.3 is 15.0 Å². The summed E-state index contributed by atoms with van der Waals surface area (Å²) in [5, 5.41) is 3.05. The average molecular weight is 566 g/mol. The number of aryl methyl sites for hydroxylation is 2. The predicted molar refractivity (Wildman–Crippen MR) is 153 cm³/mol. The number of nitrogens with one attached hydrogen (secondary N) is 1. The van der Waals surface area contributed by atoms with Crippen LogP contribution in [-0.4, -0.2) is 35.9 Å². The lowest BCUT2D eigenvalue weighted by molar-refractivity contribution is -0.142. The summed E-state index contributed by atoms with van der Waals surface area (Å²) in [6.45, 7) is 8.86. The number of amides is 2. The van der Waals surface area contributed by atoms with Crippen molar-refractivity contribution in [1.82, 2.24) is 10.2 Å². The Morgan fingerprint density at radius 1 is 0.973 bits per heavy atom. The lowest BCUT2D eigenvalue weighted by atomic mass is 10.0. The van der Waals surface area contributed by atoms with Gasteiger partial charge in [-0.1, -0.05) is 77.8 Å². The number of rotatable bonds is 12. The van der Waals surface area contributed by atoms with Gasteiger partial charge in [-0.15, -0.1) is 0 Å². The monoisotopic (exact) mass is 564 g/mol. The van der Waals surface area contributed by atoms with Crippen molar-refractivity contribution in [1.29, 1.82) is 0 Å². The average Bonchev–Trinajstić information content (AvgIpc) is 2.88. The molecule has 0 heterocycles. The minimum absolute atomic E-state index is 0.148. The quantitative estimate of drug-likeness (QED) is 0.262. The number of carbonyl (C=O) groups excluding carboxylic acids is 2. The van der Waals surface area contributed by atoms with Crippen molar-refractivity contribution in [2.45, 2.75) is 59.5 Å². The Morgan fingerprint density at radius 3 is 2.41 bits per heavy atom. The van der Waals surface area contributed by atoms with Crippen molar-refractivity contribution in [2.24, 2.45) is 0 Å². The fourth-order valence-corrected chi connectivity index (χ4v) is 4.71. The fraction of sp³-hybridized carbons (Fsp3) is 0.355. The first-order valence-electron chi connectivity index (χ1n) is 12.8. The van der Waals surface area contributed by atoms with E-state index in [-0.39, 0.29) is 18.4 Å². The molecule has 3 rings (SSSR count). The van der Waals surface area contributed by atoms with Gasteiger partial charge in [0.05, 0.1) is 0 Å². The van der Waals surface area contributed by atoms with Gasteiger partial charge in [0.15, 0.2) is 6.61 Å². The van der Waals surface area contributed by atoms with Crippen LogP contribution in [0.3, 0.4) is 0 Å². The Kier molecular flexibility index (Phi) is 10.8. The summed E-state index contributed by atoms with van der Waals surface area (Å²) < 4.78 is 6.97. The van der Waals surface area contributed by atoms with Crippen molar-refractivity contribution in [3.63, 3.8) is 0 Å². The van der Waals surface area contributed by atoms with Gasteiger partial charge in [-0.05, 0) is 73.2 Å². The van der Waals surface area contributed by atoms with Gasteiger partial charge >= 0.3 is 0 Å². The number of carbonyl (C=O) groups is 2. The van der Waals surface area contributed by atoms with E-state index in [4.69, 9.17) is 4.74 Å². The molecule has 5 nitrogen and oxygen atoms in total. The van der Waals surface area contributed by atoms with Crippen molar-refractivity contribution in [3.8, 4) is 5.75 Å². The summed E-state index contributed by atoms with van der Waals surface area (Å²) in [6, 6.07) is 21.0. The Balaban J connectivity index is 1.92. The topological polar surface area (TPSA) is 58.6 Å². The van der Waals surface area contributed by atoms with Gasteiger partial charge in [0, 0.05) is 24.0 Å². The normalized spacial score (nSPS) is 11.6. The molecule has 0 aromatic heterocycles. The largest absolute Gasteiger partial charge is 0.483 e. The standard InChI is InChI=1S/C31H37BrN2O3/c1-5-6-15-33-31(36)28(19-25-11-8-7-9-12-25)34(20-26-13-10-14-27(32)18-26)30(35)21-37-29-17-22(2)16-23(3)24(29)4/h7-14,16-18,28H,5-6,15,19-21H2,1-4H3,(H,33,36)/t28-/m0/s1. The highest BCUT2D eigenvalue weighted by Crippen LogP contribution is 2.24. The molecule has 3 aromatic rings. The first-order valence-corrected chi connectivity index (χ1v) is 13.6. The molecule has 2 amide bonds. The molecule has 0 saturated heterocycles. The number of hydrogen-bond donors (Lipinski definition) is 1. The van der Waals surface area contributed by atoms with Crippen LogP contribution in [0.1, 0.15) is 47.6 Å². The Labute approximate surface area is 229 Å². The first kappa shape index (κ1) is 28.5. The van der Waals surface area contributed by atoms with Crippen LogP contribution in [0.5, 0.6) is 5.75 Å². The van der Waals surface area contributed by atoms with E-state index in [1.165, 1.54) is 0 Å². The number of nitrogens with zero attached hydrogens (tertiary/aromatic N) is 1. The highest BCUT2D eigenvalue weighted by Gasteiger charge is 2.30. The minimum Gasteiger partial charge on any atom is -0.483 e. The molecule has 0 bridgehead atoms. The lowest BCUT2D eigenvalue weighted by Crippen LogP contribution is -2.51. The lowest BCUT2D eigenvalue weighted by Gasteiger charge is -2.31. The van der Waals surface area contributed by atoms with Crippen LogP contribution in [0.4, 0.5) is 0 Å². The zero-order chi connectivity index (χ0) is 26.8. The van der Waals surface area contributed by atoms with E-state index < -0.39 is 6.04 Å². The van der Waals surface area contributed by atoms with Crippen molar-refractivity contribution >= 4 is 27.7 Å². The Hall–Kier alpha value is -3.12. The van der Waals surface area contributed by atoms with Crippen LogP contribution in [0, 0.1) is 20.8 Å². The predicted octanol–water partition coefficient (Wildman–Crippen LogP) is 6.31. The van der Waals surface area contributed by atoms with Crippen LogP contribution in [0.15, 0.2) is 71.2 Å². The molecule has 0 aliphatic heterocycles. The van der Waals surface area contributed by atoms with Gasteiger partial charge in [-0.3, -0.25) is 9.59 Å². The maximum absolute atomic E-state index is 13.8. The highest BCUT2D eigenvalue weighted by molar-refractivity contribution is 9.10. The van der Waals surface area contributed by atoms with E-state index in [9.17, 15) is 9.59 Å². The SMILES string of the molecule is CCCCNC(=O)[C@H](Cc1ccccc1)N(Cc1cccc(Br)c1)C(=O)COc1cc(C)cc(C)c1C. The fourth-order valence-electron chi connectivity index (χ4n) is 4.27. The van der Waals surface area contributed by atoms with Gasteiger partial charge in [-0.25, -0.2) is 0 Å². The summed E-state index contributed by atoms with van der Waals surface area (Å²) in [5.74, 6) is 0.314. The Morgan fingerprint density at radius 2 is 1.70 bits per heavy atom. The summed E-state index contributed by atoms with van der Waals surface area (Å²) in [6.07, 6.45) is 2.28. The molecular weight excluding hydrogens is 528 g/mol. The molecule has 3 aromatic carbocycles. The second kappa shape index (κ2) is 14.0. The van der Waals surface area contributed by atoms with Gasteiger partial charge in [0.1, 0.15) is 11.8 Å². The van der Waals surface area contributed by atoms with E-state index in [0.29, 0.717) is 25.3 Å². The maximum atomic E-state index is 13.8. The molecule has 0 aliphatic rings. The number of ether oxygens (including phenoxy) is 1. The molecule has 0 fully saturated rings. The molecule has 196 valence electrons. The zero-order valence-corrected chi connectivity index (χ0v) is 23.8. The van der Waals surface area contributed by atoms with E-state index >= 15 is 0 Å². The van der Waals surface area contributed by atoms with Crippen molar-refractivity contribution in [3.05, 3.63) is 99.0 Å². The van der Waals surface area contributed by atoms with Gasteiger partial charge in [-0.2, -0.15) is 0 Å². The molecule has 0 saturated carbocycles. The molecular formula is C31H37BrN2O3. The summed E-state index contributed by atoms with van der Waals surface area (Å²) in [4.78, 5) is 28.9. The van der Waals surface area contributed by atoms with Crippen LogP contribution in [0.25, 0.3) is 0 Å². The van der Waals surface area contributed by atoms with Crippen molar-refractivity contribution < 1.29 is 14.3 Å². The molecule has 1 atom stereocenters. The van der Waals surface area contributed by atoms with E-state index in [1.54, 1.807) is 4.90 Å². The van der Waals surface area contributed by atoms with E-state index in [1.807, 2.05) is 81.4 Å². The van der Waals surface area contributed by atoms with E-state index in [2.05, 4.69) is 34.2 Å². The molecule has 0 spiro atoms. The molecule has 0 radical (unpaired) electrons. The van der Waals surface area contributed by atoms with E-state index in [0.717, 1.165) is 45.1 Å². The van der Waals surface area contributed by atoms with Crippen molar-refractivity contribution in [2.75, 3.05) is 13.2 Å². The summed E-state index contributed by atoms with van der Waals surface area (Å²) in [5.41, 5.74) is 5.13.